The van der Waals surface area contributed by atoms with Crippen LogP contribution in [-0.2, 0) is 11.0 Å². The zero-order valence-electron chi connectivity index (χ0n) is 10.9. The highest BCUT2D eigenvalue weighted by Gasteiger charge is 2.30. The maximum atomic E-state index is 12.5. The number of carbonyl (C=O) groups excluding carboxylic acids is 1. The smallest absolute Gasteiger partial charge is 0.360 e. The van der Waals surface area contributed by atoms with E-state index in [4.69, 9.17) is 4.52 Å². The summed E-state index contributed by atoms with van der Waals surface area (Å²) in [4.78, 5) is 12.0. The molecule has 112 valence electrons. The quantitative estimate of drug-likeness (QED) is 0.873. The lowest BCUT2D eigenvalue weighted by molar-refractivity contribution is -0.137. The monoisotopic (exact) mass is 316 g/mol. The van der Waals surface area contributed by atoms with Crippen molar-refractivity contribution in [1.82, 2.24) is 5.16 Å². The van der Waals surface area contributed by atoms with Crippen molar-refractivity contribution < 1.29 is 22.5 Å². The number of thioether (sulfide) groups is 1. The third-order valence-electron chi connectivity index (χ3n) is 2.43. The van der Waals surface area contributed by atoms with Crippen LogP contribution in [0.3, 0.4) is 0 Å². The molecule has 1 heterocycles. The second-order valence-electron chi connectivity index (χ2n) is 4.19. The number of halogens is 3. The fraction of sp³-hybridized carbons (Fsp3) is 0.231. The Balaban J connectivity index is 1.92. The molecule has 1 amide bonds. The predicted molar refractivity (Wildman–Crippen MR) is 72.0 cm³/mol. The Morgan fingerprint density at radius 3 is 2.76 bits per heavy atom. The molecule has 0 bridgehead atoms. The molecule has 2 rings (SSSR count). The number of rotatable bonds is 4. The Morgan fingerprint density at radius 2 is 2.14 bits per heavy atom. The number of hydrogen-bond donors (Lipinski definition) is 1. The number of aromatic nitrogens is 1. The third-order valence-corrected chi connectivity index (χ3v) is 3.42. The number of amides is 1. The first-order valence-electron chi connectivity index (χ1n) is 5.88. The van der Waals surface area contributed by atoms with E-state index in [1.807, 2.05) is 0 Å². The van der Waals surface area contributed by atoms with Gasteiger partial charge in [-0.2, -0.15) is 13.2 Å². The van der Waals surface area contributed by atoms with Gasteiger partial charge in [-0.05, 0) is 25.1 Å². The van der Waals surface area contributed by atoms with Crippen LogP contribution in [0.25, 0.3) is 0 Å². The zero-order chi connectivity index (χ0) is 15.5. The van der Waals surface area contributed by atoms with Crippen molar-refractivity contribution in [3.05, 3.63) is 41.7 Å². The number of aryl methyl sites for hydroxylation is 1. The van der Waals surface area contributed by atoms with E-state index in [9.17, 15) is 18.0 Å². The molecule has 0 aliphatic carbocycles. The van der Waals surface area contributed by atoms with Gasteiger partial charge in [-0.25, -0.2) is 0 Å². The van der Waals surface area contributed by atoms with Crippen molar-refractivity contribution in [2.24, 2.45) is 0 Å². The fourth-order valence-electron chi connectivity index (χ4n) is 1.52. The minimum atomic E-state index is -4.39. The van der Waals surface area contributed by atoms with Crippen molar-refractivity contribution in [1.29, 1.82) is 0 Å². The molecule has 8 heteroatoms. The highest BCUT2D eigenvalue weighted by Crippen LogP contribution is 2.31. The van der Waals surface area contributed by atoms with Gasteiger partial charge in [0.05, 0.1) is 11.3 Å². The van der Waals surface area contributed by atoms with Crippen LogP contribution >= 0.6 is 11.8 Å². The van der Waals surface area contributed by atoms with E-state index in [-0.39, 0.29) is 17.5 Å². The fourth-order valence-corrected chi connectivity index (χ4v) is 2.27. The number of hydrogen-bond acceptors (Lipinski definition) is 4. The van der Waals surface area contributed by atoms with Gasteiger partial charge in [-0.3, -0.25) is 4.79 Å². The molecule has 0 radical (unpaired) electrons. The van der Waals surface area contributed by atoms with Gasteiger partial charge in [-0.1, -0.05) is 11.2 Å². The van der Waals surface area contributed by atoms with Crippen LogP contribution in [0.2, 0.25) is 0 Å². The number of benzene rings is 1. The van der Waals surface area contributed by atoms with Gasteiger partial charge in [0, 0.05) is 11.0 Å². The van der Waals surface area contributed by atoms with Crippen LogP contribution in [0.4, 0.5) is 19.0 Å². The number of nitrogens with one attached hydrogen (secondary N) is 1. The van der Waals surface area contributed by atoms with E-state index in [1.54, 1.807) is 13.0 Å². The van der Waals surface area contributed by atoms with Gasteiger partial charge in [0.2, 0.25) is 5.91 Å². The average molecular weight is 316 g/mol. The molecule has 0 saturated heterocycles. The molecule has 21 heavy (non-hydrogen) atoms. The first kappa shape index (κ1) is 15.4. The lowest BCUT2D eigenvalue weighted by Crippen LogP contribution is -2.14. The Morgan fingerprint density at radius 1 is 1.38 bits per heavy atom. The topological polar surface area (TPSA) is 55.1 Å². The predicted octanol–water partition coefficient (Wildman–Crippen LogP) is 3.73. The largest absolute Gasteiger partial charge is 0.416 e. The minimum Gasteiger partial charge on any atom is -0.360 e. The maximum Gasteiger partial charge on any atom is 0.416 e. The van der Waals surface area contributed by atoms with E-state index in [2.05, 4.69) is 10.5 Å². The number of nitrogens with zero attached hydrogens (tertiary/aromatic N) is 1. The summed E-state index contributed by atoms with van der Waals surface area (Å²) in [6, 6.07) is 6.38. The van der Waals surface area contributed by atoms with Crippen LogP contribution in [-0.4, -0.2) is 16.8 Å². The van der Waals surface area contributed by atoms with E-state index in [0.717, 1.165) is 23.9 Å². The van der Waals surface area contributed by atoms with Crippen molar-refractivity contribution in [3.63, 3.8) is 0 Å². The summed E-state index contributed by atoms with van der Waals surface area (Å²) < 4.78 is 42.4. The van der Waals surface area contributed by atoms with Crippen molar-refractivity contribution >= 4 is 23.5 Å². The highest BCUT2D eigenvalue weighted by atomic mass is 32.2. The third kappa shape index (κ3) is 4.52. The molecular formula is C13H11F3N2O2S. The van der Waals surface area contributed by atoms with Crippen LogP contribution in [0.15, 0.2) is 39.8 Å². The number of carbonyl (C=O) groups is 1. The van der Waals surface area contributed by atoms with Crippen LogP contribution in [0, 0.1) is 6.92 Å². The van der Waals surface area contributed by atoms with E-state index in [1.165, 1.54) is 12.1 Å². The van der Waals surface area contributed by atoms with Crippen LogP contribution < -0.4 is 5.32 Å². The van der Waals surface area contributed by atoms with Gasteiger partial charge in [-0.15, -0.1) is 11.8 Å². The highest BCUT2D eigenvalue weighted by molar-refractivity contribution is 8.00. The standard InChI is InChI=1S/C13H11F3N2O2S/c1-8-5-11(18-20-8)17-12(19)7-21-10-4-2-3-9(6-10)13(14,15)16/h2-6H,7H2,1H3,(H,17,18,19). The van der Waals surface area contributed by atoms with E-state index < -0.39 is 11.7 Å². The van der Waals surface area contributed by atoms with Gasteiger partial charge in [0.15, 0.2) is 5.82 Å². The summed E-state index contributed by atoms with van der Waals surface area (Å²) in [5.41, 5.74) is -0.736. The molecular weight excluding hydrogens is 305 g/mol. The molecule has 1 aromatic carbocycles. The van der Waals surface area contributed by atoms with Gasteiger partial charge in [0.1, 0.15) is 5.76 Å². The summed E-state index contributed by atoms with van der Waals surface area (Å²) in [6.45, 7) is 1.68. The molecule has 0 aliphatic rings. The Bertz CT molecular complexity index is 640. The summed E-state index contributed by atoms with van der Waals surface area (Å²) in [6.07, 6.45) is -4.39. The number of anilines is 1. The Kier molecular flexibility index (Phi) is 4.56. The molecule has 0 unspecified atom stereocenters. The molecule has 1 N–H and O–H groups in total. The van der Waals surface area contributed by atoms with Crippen LogP contribution in [0.5, 0.6) is 0 Å². The molecule has 4 nitrogen and oxygen atoms in total. The van der Waals surface area contributed by atoms with E-state index in [0.29, 0.717) is 10.7 Å². The molecule has 1 aromatic heterocycles. The summed E-state index contributed by atoms with van der Waals surface area (Å²) >= 11 is 1.01. The Labute approximate surface area is 122 Å². The van der Waals surface area contributed by atoms with E-state index >= 15 is 0 Å². The maximum absolute atomic E-state index is 12.5. The summed E-state index contributed by atoms with van der Waals surface area (Å²) in [7, 11) is 0. The minimum absolute atomic E-state index is 0.0206. The first-order valence-corrected chi connectivity index (χ1v) is 6.86. The Hall–Kier alpha value is -1.96. The molecule has 0 aliphatic heterocycles. The lowest BCUT2D eigenvalue weighted by atomic mass is 10.2. The summed E-state index contributed by atoms with van der Waals surface area (Å²) in [5.74, 6) is 0.441. The average Bonchev–Trinajstić information content (AvgIpc) is 2.81. The molecule has 2 aromatic rings. The second kappa shape index (κ2) is 6.21. The molecule has 0 atom stereocenters. The summed E-state index contributed by atoms with van der Waals surface area (Å²) in [5, 5.41) is 6.08. The molecule has 0 fully saturated rings. The zero-order valence-corrected chi connectivity index (χ0v) is 11.7. The first-order chi connectivity index (χ1) is 9.84. The van der Waals surface area contributed by atoms with Gasteiger partial charge >= 0.3 is 6.18 Å². The van der Waals surface area contributed by atoms with Crippen molar-refractivity contribution in [2.75, 3.05) is 11.1 Å². The second-order valence-corrected chi connectivity index (χ2v) is 5.23. The van der Waals surface area contributed by atoms with Crippen molar-refractivity contribution in [3.8, 4) is 0 Å². The van der Waals surface area contributed by atoms with Gasteiger partial charge < -0.3 is 9.84 Å². The van der Waals surface area contributed by atoms with Crippen LogP contribution in [0.1, 0.15) is 11.3 Å². The SMILES string of the molecule is Cc1cc(NC(=O)CSc2cccc(C(F)(F)F)c2)no1. The number of alkyl halides is 3. The van der Waals surface area contributed by atoms with Crippen molar-refractivity contribution in [2.45, 2.75) is 18.0 Å². The van der Waals surface area contributed by atoms with Gasteiger partial charge in [0.25, 0.3) is 0 Å². The molecule has 0 spiro atoms. The molecule has 0 saturated carbocycles. The lowest BCUT2D eigenvalue weighted by Gasteiger charge is -2.08. The normalized spacial score (nSPS) is 11.4.